The van der Waals surface area contributed by atoms with Crippen LogP contribution >= 0.6 is 0 Å². The van der Waals surface area contributed by atoms with E-state index in [1.807, 2.05) is 6.07 Å². The molecule has 6 heteroatoms. The summed E-state index contributed by atoms with van der Waals surface area (Å²) in [6.45, 7) is 5.54. The summed E-state index contributed by atoms with van der Waals surface area (Å²) in [5, 5.41) is 0. The van der Waals surface area contributed by atoms with Crippen molar-refractivity contribution >= 4 is 11.9 Å². The summed E-state index contributed by atoms with van der Waals surface area (Å²) < 4.78 is 20.9. The van der Waals surface area contributed by atoms with Gasteiger partial charge in [0.25, 0.3) is 0 Å². The molecule has 0 aromatic heterocycles. The van der Waals surface area contributed by atoms with Crippen LogP contribution in [-0.4, -0.2) is 30.9 Å². The van der Waals surface area contributed by atoms with Crippen LogP contribution < -0.4 is 9.47 Å². The van der Waals surface area contributed by atoms with Gasteiger partial charge >= 0.3 is 17.7 Å². The Balaban J connectivity index is 2.33. The quantitative estimate of drug-likeness (QED) is 0.593. The van der Waals surface area contributed by atoms with Gasteiger partial charge in [0.2, 0.25) is 0 Å². The number of benzene rings is 1. The molecule has 0 atom stereocenters. The van der Waals surface area contributed by atoms with E-state index in [-0.39, 0.29) is 13.2 Å². The van der Waals surface area contributed by atoms with E-state index >= 15 is 0 Å². The summed E-state index contributed by atoms with van der Waals surface area (Å²) in [4.78, 5) is 24.4. The highest BCUT2D eigenvalue weighted by atomic mass is 16.8. The minimum absolute atomic E-state index is 0.101. The molecule has 1 heterocycles. The molecule has 2 rings (SSSR count). The zero-order valence-corrected chi connectivity index (χ0v) is 13.0. The Hall–Kier alpha value is -2.24. The first-order chi connectivity index (χ1) is 10.6. The summed E-state index contributed by atoms with van der Waals surface area (Å²) in [6, 6.07) is 5.32. The van der Waals surface area contributed by atoms with Crippen LogP contribution in [0.1, 0.15) is 32.8 Å². The molecule has 1 aliphatic rings. The first kappa shape index (κ1) is 16.1. The lowest BCUT2D eigenvalue weighted by Gasteiger charge is -2.22. The van der Waals surface area contributed by atoms with Gasteiger partial charge in [-0.2, -0.15) is 0 Å². The lowest BCUT2D eigenvalue weighted by Crippen LogP contribution is -2.55. The van der Waals surface area contributed by atoms with Crippen molar-refractivity contribution in [2.24, 2.45) is 0 Å². The Morgan fingerprint density at radius 1 is 1.00 bits per heavy atom. The van der Waals surface area contributed by atoms with E-state index in [1.165, 1.54) is 0 Å². The van der Waals surface area contributed by atoms with Crippen molar-refractivity contribution in [1.82, 2.24) is 0 Å². The number of hydrogen-bond acceptors (Lipinski definition) is 6. The highest BCUT2D eigenvalue weighted by Crippen LogP contribution is 2.41. The maximum Gasteiger partial charge on any atom is 0.453 e. The fourth-order valence-corrected chi connectivity index (χ4v) is 2.19. The number of hydrogen-bond donors (Lipinski definition) is 0. The number of rotatable bonds is 6. The number of ether oxygens (including phenoxy) is 4. The second kappa shape index (κ2) is 6.68. The molecule has 0 fully saturated rings. The van der Waals surface area contributed by atoms with E-state index < -0.39 is 17.7 Å². The van der Waals surface area contributed by atoms with E-state index in [9.17, 15) is 9.59 Å². The number of fused-ring (bicyclic) bond motifs is 1. The zero-order chi connectivity index (χ0) is 16.2. The molecule has 120 valence electrons. The summed E-state index contributed by atoms with van der Waals surface area (Å²) in [7, 11) is 0. The fourth-order valence-electron chi connectivity index (χ4n) is 2.19. The van der Waals surface area contributed by atoms with Crippen LogP contribution in [0.15, 0.2) is 18.2 Å². The summed E-state index contributed by atoms with van der Waals surface area (Å²) in [6.07, 6.45) is 1.84. The van der Waals surface area contributed by atoms with Crippen molar-refractivity contribution < 1.29 is 28.5 Å². The Labute approximate surface area is 129 Å². The minimum atomic E-state index is -2.21. The third-order valence-corrected chi connectivity index (χ3v) is 3.14. The summed E-state index contributed by atoms with van der Waals surface area (Å²) >= 11 is 0. The van der Waals surface area contributed by atoms with Crippen molar-refractivity contribution in [3.8, 4) is 11.5 Å². The molecule has 0 amide bonds. The molecule has 1 aliphatic heterocycles. The molecule has 0 unspecified atom stereocenters. The first-order valence-corrected chi connectivity index (χ1v) is 7.42. The smallest absolute Gasteiger partial charge is 0.453 e. The predicted octanol–water partition coefficient (Wildman–Crippen LogP) is 2.23. The van der Waals surface area contributed by atoms with E-state index in [0.717, 1.165) is 18.4 Å². The molecule has 0 saturated carbocycles. The molecule has 1 aromatic carbocycles. The van der Waals surface area contributed by atoms with Crippen molar-refractivity contribution in [3.05, 3.63) is 23.8 Å². The van der Waals surface area contributed by atoms with Crippen LogP contribution in [0.5, 0.6) is 11.5 Å². The second-order valence-electron chi connectivity index (χ2n) is 4.79. The van der Waals surface area contributed by atoms with Gasteiger partial charge < -0.3 is 18.9 Å². The Kier molecular flexibility index (Phi) is 4.90. The molecule has 0 saturated heterocycles. The van der Waals surface area contributed by atoms with E-state index in [1.54, 1.807) is 26.0 Å². The van der Waals surface area contributed by atoms with Gasteiger partial charge in [0.05, 0.1) is 13.2 Å². The normalized spacial score (nSPS) is 14.5. The highest BCUT2D eigenvalue weighted by molar-refractivity contribution is 6.03. The molecular weight excluding hydrogens is 288 g/mol. The molecule has 0 aliphatic carbocycles. The standard InChI is InChI=1S/C16H20O6/c1-4-7-11-8-9-12-13(10-11)22-16(21-12,14(17)19-5-2)15(18)20-6-3/h8-10H,4-7H2,1-3H3. The molecule has 1 aromatic rings. The van der Waals surface area contributed by atoms with Crippen LogP contribution in [0.2, 0.25) is 0 Å². The Morgan fingerprint density at radius 2 is 1.59 bits per heavy atom. The van der Waals surface area contributed by atoms with Crippen molar-refractivity contribution in [2.45, 2.75) is 39.4 Å². The molecule has 22 heavy (non-hydrogen) atoms. The van der Waals surface area contributed by atoms with Crippen LogP contribution in [0, 0.1) is 0 Å². The average Bonchev–Trinajstić information content (AvgIpc) is 2.88. The molecule has 0 N–H and O–H groups in total. The van der Waals surface area contributed by atoms with Gasteiger partial charge in [0.1, 0.15) is 0 Å². The monoisotopic (exact) mass is 308 g/mol. The van der Waals surface area contributed by atoms with Gasteiger partial charge in [-0.1, -0.05) is 19.4 Å². The van der Waals surface area contributed by atoms with Gasteiger partial charge in [-0.05, 0) is 38.0 Å². The van der Waals surface area contributed by atoms with Crippen molar-refractivity contribution in [2.75, 3.05) is 13.2 Å². The predicted molar refractivity (Wildman–Crippen MR) is 77.7 cm³/mol. The Bertz CT molecular complexity index is 548. The fraction of sp³-hybridized carbons (Fsp3) is 0.500. The second-order valence-corrected chi connectivity index (χ2v) is 4.79. The summed E-state index contributed by atoms with van der Waals surface area (Å²) in [5.41, 5.74) is 1.04. The van der Waals surface area contributed by atoms with Gasteiger partial charge in [-0.25, -0.2) is 9.59 Å². The molecule has 6 nitrogen and oxygen atoms in total. The summed E-state index contributed by atoms with van der Waals surface area (Å²) in [5.74, 6) is -3.38. The van der Waals surface area contributed by atoms with Gasteiger partial charge in [-0.3, -0.25) is 0 Å². The van der Waals surface area contributed by atoms with Gasteiger partial charge in [0.15, 0.2) is 11.5 Å². The third-order valence-electron chi connectivity index (χ3n) is 3.14. The minimum Gasteiger partial charge on any atom is -0.460 e. The first-order valence-electron chi connectivity index (χ1n) is 7.42. The van der Waals surface area contributed by atoms with Crippen LogP contribution in [0.3, 0.4) is 0 Å². The van der Waals surface area contributed by atoms with Gasteiger partial charge in [0, 0.05) is 0 Å². The molecular formula is C16H20O6. The average molecular weight is 308 g/mol. The maximum absolute atomic E-state index is 12.2. The van der Waals surface area contributed by atoms with Crippen molar-refractivity contribution in [3.63, 3.8) is 0 Å². The molecule has 0 spiro atoms. The number of carbonyl (C=O) groups excluding carboxylic acids is 2. The third kappa shape index (κ3) is 2.86. The van der Waals surface area contributed by atoms with Crippen LogP contribution in [0.25, 0.3) is 0 Å². The number of carbonyl (C=O) groups is 2. The van der Waals surface area contributed by atoms with Crippen LogP contribution in [0.4, 0.5) is 0 Å². The Morgan fingerprint density at radius 3 is 2.14 bits per heavy atom. The lowest BCUT2D eigenvalue weighted by molar-refractivity contribution is -0.202. The highest BCUT2D eigenvalue weighted by Gasteiger charge is 2.59. The van der Waals surface area contributed by atoms with E-state index in [4.69, 9.17) is 18.9 Å². The van der Waals surface area contributed by atoms with Crippen LogP contribution in [-0.2, 0) is 25.5 Å². The van der Waals surface area contributed by atoms with E-state index in [2.05, 4.69) is 6.92 Å². The maximum atomic E-state index is 12.2. The van der Waals surface area contributed by atoms with Crippen molar-refractivity contribution in [1.29, 1.82) is 0 Å². The lowest BCUT2D eigenvalue weighted by atomic mass is 10.1. The number of esters is 2. The molecule has 0 bridgehead atoms. The van der Waals surface area contributed by atoms with Gasteiger partial charge in [-0.15, -0.1) is 0 Å². The topological polar surface area (TPSA) is 71.1 Å². The SMILES string of the molecule is CCCc1ccc2c(c1)OC(C(=O)OCC)(C(=O)OCC)O2. The molecule has 0 radical (unpaired) electrons. The zero-order valence-electron chi connectivity index (χ0n) is 13.0. The van der Waals surface area contributed by atoms with E-state index in [0.29, 0.717) is 11.5 Å². The number of aryl methyl sites for hydroxylation is 1. The largest absolute Gasteiger partial charge is 0.460 e.